The zero-order valence-corrected chi connectivity index (χ0v) is 19.2. The van der Waals surface area contributed by atoms with Crippen LogP contribution in [0.4, 0.5) is 11.4 Å². The first-order chi connectivity index (χ1) is 15.5. The number of amides is 2. The van der Waals surface area contributed by atoms with Crippen molar-refractivity contribution < 1.29 is 14.3 Å². The predicted octanol–water partition coefficient (Wildman–Crippen LogP) is 3.78. The fourth-order valence-electron chi connectivity index (χ4n) is 3.23. The van der Waals surface area contributed by atoms with Crippen LogP contribution in [0.1, 0.15) is 25.2 Å². The molecule has 3 rings (SSSR count). The minimum absolute atomic E-state index is 0.0650. The Morgan fingerprint density at radius 1 is 0.969 bits per heavy atom. The number of thioether (sulfide) groups is 1. The normalized spacial score (nSPS) is 10.6. The van der Waals surface area contributed by atoms with E-state index < -0.39 is 0 Å². The zero-order chi connectivity index (χ0) is 22.9. The van der Waals surface area contributed by atoms with Gasteiger partial charge in [-0.3, -0.25) is 9.59 Å². The zero-order valence-electron chi connectivity index (χ0n) is 18.4. The molecule has 0 spiro atoms. The highest BCUT2D eigenvalue weighted by Gasteiger charge is 2.17. The van der Waals surface area contributed by atoms with Gasteiger partial charge in [0.25, 0.3) is 0 Å². The maximum absolute atomic E-state index is 12.5. The van der Waals surface area contributed by atoms with Gasteiger partial charge in [0.15, 0.2) is 5.16 Å². The van der Waals surface area contributed by atoms with Gasteiger partial charge >= 0.3 is 0 Å². The van der Waals surface area contributed by atoms with E-state index in [1.165, 1.54) is 11.8 Å². The third kappa shape index (κ3) is 5.88. The van der Waals surface area contributed by atoms with Crippen molar-refractivity contribution in [2.24, 2.45) is 0 Å². The topological polar surface area (TPSA) is 98.1 Å². The number of carbonyl (C=O) groups is 2. The van der Waals surface area contributed by atoms with Crippen LogP contribution in [-0.2, 0) is 29.0 Å². The molecule has 0 radical (unpaired) electrons. The van der Waals surface area contributed by atoms with Crippen molar-refractivity contribution in [1.29, 1.82) is 0 Å². The molecule has 1 aromatic heterocycles. The van der Waals surface area contributed by atoms with Gasteiger partial charge in [0.05, 0.1) is 25.0 Å². The molecule has 8 nitrogen and oxygen atoms in total. The predicted molar refractivity (Wildman–Crippen MR) is 126 cm³/mol. The van der Waals surface area contributed by atoms with E-state index in [0.29, 0.717) is 29.0 Å². The summed E-state index contributed by atoms with van der Waals surface area (Å²) in [6, 6.07) is 15.0. The van der Waals surface area contributed by atoms with E-state index in [2.05, 4.69) is 27.8 Å². The summed E-state index contributed by atoms with van der Waals surface area (Å²) in [6.07, 6.45) is 0.906. The van der Waals surface area contributed by atoms with E-state index in [4.69, 9.17) is 4.74 Å². The minimum atomic E-state index is -0.220. The summed E-state index contributed by atoms with van der Waals surface area (Å²) in [6.45, 7) is 4.59. The van der Waals surface area contributed by atoms with Gasteiger partial charge in [0.2, 0.25) is 11.8 Å². The van der Waals surface area contributed by atoms with Gasteiger partial charge in [-0.05, 0) is 37.1 Å². The van der Waals surface area contributed by atoms with Crippen molar-refractivity contribution >= 4 is 35.0 Å². The second-order valence-corrected chi connectivity index (χ2v) is 7.86. The highest BCUT2D eigenvalue weighted by atomic mass is 32.2. The van der Waals surface area contributed by atoms with Crippen LogP contribution in [0.2, 0.25) is 0 Å². The summed E-state index contributed by atoms with van der Waals surface area (Å²) in [4.78, 5) is 25.0. The monoisotopic (exact) mass is 453 g/mol. The molecule has 0 atom stereocenters. The molecule has 0 aliphatic heterocycles. The number of benzene rings is 2. The molecule has 0 bridgehead atoms. The number of para-hydroxylation sites is 3. The molecular formula is C23H27N5O3S. The minimum Gasteiger partial charge on any atom is -0.495 e. The SMILES string of the molecule is CCc1ccccc1NC(=O)CSc1nnc(CC(=O)Nc2ccccc2OC)n1CC. The molecule has 9 heteroatoms. The Balaban J connectivity index is 1.60. The average Bonchev–Trinajstić information content (AvgIpc) is 3.19. The fraction of sp³-hybridized carbons (Fsp3) is 0.304. The van der Waals surface area contributed by atoms with Gasteiger partial charge in [0, 0.05) is 12.2 Å². The summed E-state index contributed by atoms with van der Waals surface area (Å²) in [7, 11) is 1.55. The maximum Gasteiger partial charge on any atom is 0.234 e. The van der Waals surface area contributed by atoms with E-state index in [9.17, 15) is 9.59 Å². The smallest absolute Gasteiger partial charge is 0.234 e. The van der Waals surface area contributed by atoms with E-state index in [1.807, 2.05) is 47.9 Å². The van der Waals surface area contributed by atoms with Crippen LogP contribution in [-0.4, -0.2) is 39.4 Å². The number of methoxy groups -OCH3 is 1. The molecule has 168 valence electrons. The van der Waals surface area contributed by atoms with Gasteiger partial charge in [-0.15, -0.1) is 10.2 Å². The number of carbonyl (C=O) groups excluding carboxylic acids is 2. The van der Waals surface area contributed by atoms with E-state index in [0.717, 1.165) is 17.7 Å². The second kappa shape index (κ2) is 11.3. The van der Waals surface area contributed by atoms with Crippen molar-refractivity contribution in [2.45, 2.75) is 38.4 Å². The first kappa shape index (κ1) is 23.3. The highest BCUT2D eigenvalue weighted by Crippen LogP contribution is 2.24. The number of rotatable bonds is 10. The van der Waals surface area contributed by atoms with Crippen molar-refractivity contribution in [3.8, 4) is 5.75 Å². The first-order valence-corrected chi connectivity index (χ1v) is 11.4. The quantitative estimate of drug-likeness (QED) is 0.454. The molecule has 32 heavy (non-hydrogen) atoms. The largest absolute Gasteiger partial charge is 0.495 e. The molecule has 0 aliphatic rings. The van der Waals surface area contributed by atoms with Crippen molar-refractivity contribution in [1.82, 2.24) is 14.8 Å². The number of aromatic nitrogens is 3. The van der Waals surface area contributed by atoms with Gasteiger partial charge in [0.1, 0.15) is 11.6 Å². The van der Waals surface area contributed by atoms with Crippen LogP contribution in [0.15, 0.2) is 53.7 Å². The Kier molecular flexibility index (Phi) is 8.27. The summed E-state index contributed by atoms with van der Waals surface area (Å²) in [5.74, 6) is 0.992. The average molecular weight is 454 g/mol. The standard InChI is InChI=1S/C23H27N5O3S/c1-4-16-10-6-7-11-17(16)24-22(30)15-32-23-27-26-20(28(23)5-2)14-21(29)25-18-12-8-9-13-19(18)31-3/h6-13H,4-5,14-15H2,1-3H3,(H,24,30)(H,25,29). The van der Waals surface area contributed by atoms with E-state index >= 15 is 0 Å². The lowest BCUT2D eigenvalue weighted by Crippen LogP contribution is -2.18. The number of ether oxygens (including phenoxy) is 1. The highest BCUT2D eigenvalue weighted by molar-refractivity contribution is 7.99. The molecule has 0 saturated carbocycles. The van der Waals surface area contributed by atoms with Crippen LogP contribution in [0.5, 0.6) is 5.75 Å². The molecule has 1 heterocycles. The lowest BCUT2D eigenvalue weighted by molar-refractivity contribution is -0.116. The molecule has 2 aromatic carbocycles. The number of hydrogen-bond acceptors (Lipinski definition) is 6. The summed E-state index contributed by atoms with van der Waals surface area (Å²) >= 11 is 1.30. The van der Waals surface area contributed by atoms with Crippen LogP contribution in [0.25, 0.3) is 0 Å². The van der Waals surface area contributed by atoms with Crippen LogP contribution in [0.3, 0.4) is 0 Å². The van der Waals surface area contributed by atoms with Crippen molar-refractivity contribution in [2.75, 3.05) is 23.5 Å². The number of nitrogens with one attached hydrogen (secondary N) is 2. The maximum atomic E-state index is 12.5. The molecular weight excluding hydrogens is 426 g/mol. The Morgan fingerprint density at radius 2 is 1.66 bits per heavy atom. The molecule has 2 N–H and O–H groups in total. The molecule has 3 aromatic rings. The van der Waals surface area contributed by atoms with Crippen LogP contribution >= 0.6 is 11.8 Å². The number of anilines is 2. The molecule has 2 amide bonds. The lowest BCUT2D eigenvalue weighted by atomic mass is 10.1. The van der Waals surface area contributed by atoms with Gasteiger partial charge < -0.3 is 19.9 Å². The Labute approximate surface area is 191 Å². The van der Waals surface area contributed by atoms with Gasteiger partial charge in [-0.1, -0.05) is 49.0 Å². The fourth-order valence-corrected chi connectivity index (χ4v) is 4.05. The number of hydrogen-bond donors (Lipinski definition) is 2. The second-order valence-electron chi connectivity index (χ2n) is 6.92. The molecule has 0 saturated heterocycles. The lowest BCUT2D eigenvalue weighted by Gasteiger charge is -2.11. The Bertz CT molecular complexity index is 1080. The summed E-state index contributed by atoms with van der Waals surface area (Å²) in [5.41, 5.74) is 2.51. The summed E-state index contributed by atoms with van der Waals surface area (Å²) in [5, 5.41) is 14.8. The van der Waals surface area contributed by atoms with Gasteiger partial charge in [-0.2, -0.15) is 0 Å². The van der Waals surface area contributed by atoms with Gasteiger partial charge in [-0.25, -0.2) is 0 Å². The number of aryl methyl sites for hydroxylation is 1. The Morgan fingerprint density at radius 3 is 2.38 bits per heavy atom. The molecule has 0 unspecified atom stereocenters. The van der Waals surface area contributed by atoms with Crippen molar-refractivity contribution in [3.05, 3.63) is 59.9 Å². The number of nitrogens with zero attached hydrogens (tertiary/aromatic N) is 3. The molecule has 0 fully saturated rings. The van der Waals surface area contributed by atoms with E-state index in [1.54, 1.807) is 19.2 Å². The van der Waals surface area contributed by atoms with Crippen LogP contribution < -0.4 is 15.4 Å². The summed E-state index contributed by atoms with van der Waals surface area (Å²) < 4.78 is 7.11. The first-order valence-electron chi connectivity index (χ1n) is 10.4. The molecule has 0 aliphatic carbocycles. The van der Waals surface area contributed by atoms with Crippen LogP contribution in [0, 0.1) is 0 Å². The third-order valence-corrected chi connectivity index (χ3v) is 5.78. The van der Waals surface area contributed by atoms with E-state index in [-0.39, 0.29) is 24.0 Å². The third-order valence-electron chi connectivity index (χ3n) is 4.81. The Hall–Kier alpha value is -3.33. The van der Waals surface area contributed by atoms with Crippen molar-refractivity contribution in [3.63, 3.8) is 0 Å².